The van der Waals surface area contributed by atoms with E-state index in [1.54, 1.807) is 19.2 Å². The summed E-state index contributed by atoms with van der Waals surface area (Å²) in [6, 6.07) is 21.1. The van der Waals surface area contributed by atoms with E-state index < -0.39 is 11.6 Å². The lowest BCUT2D eigenvalue weighted by atomic mass is 9.93. The van der Waals surface area contributed by atoms with Gasteiger partial charge in [0.1, 0.15) is 23.9 Å². The summed E-state index contributed by atoms with van der Waals surface area (Å²) in [4.78, 5) is 11.9. The number of amides is 1. The number of hydrogen-bond acceptors (Lipinski definition) is 6. The maximum absolute atomic E-state index is 11.9. The maximum Gasteiger partial charge on any atom is 0.262 e. The van der Waals surface area contributed by atoms with Gasteiger partial charge in [0.2, 0.25) is 0 Å². The molecule has 1 aliphatic rings. The van der Waals surface area contributed by atoms with Gasteiger partial charge in [0.05, 0.1) is 18.9 Å². The molecule has 0 bridgehead atoms. The second kappa shape index (κ2) is 10.2. The number of benzene rings is 3. The lowest BCUT2D eigenvalue weighted by Crippen LogP contribution is -2.39. The van der Waals surface area contributed by atoms with Crippen molar-refractivity contribution in [3.63, 3.8) is 0 Å². The summed E-state index contributed by atoms with van der Waals surface area (Å²) in [5, 5.41) is 17.4. The molecule has 0 saturated carbocycles. The van der Waals surface area contributed by atoms with E-state index in [1.807, 2.05) is 68.4 Å². The molecule has 0 aromatic heterocycles. The van der Waals surface area contributed by atoms with Gasteiger partial charge < -0.3 is 30.0 Å². The van der Waals surface area contributed by atoms with Gasteiger partial charge in [-0.25, -0.2) is 0 Å². The first-order valence-corrected chi connectivity index (χ1v) is 11.2. The standard InChI is InChI=1S/C27H30N2O5/c1-27(2,19-9-11-20(32-3)12-10-19)28-15-24(30)22-13-21(33-16-18-7-5-4-6-8-18)14-23-26(22)34-17-25(31)29-23/h4-14,24,28,30H,15-17H2,1-3H3,(H,29,31)/t24-/m0/s1. The van der Waals surface area contributed by atoms with E-state index in [0.717, 1.165) is 16.9 Å². The number of fused-ring (bicyclic) bond motifs is 1. The summed E-state index contributed by atoms with van der Waals surface area (Å²) in [7, 11) is 1.64. The van der Waals surface area contributed by atoms with Gasteiger partial charge in [-0.15, -0.1) is 0 Å². The molecule has 34 heavy (non-hydrogen) atoms. The fourth-order valence-corrected chi connectivity index (χ4v) is 3.85. The lowest BCUT2D eigenvalue weighted by molar-refractivity contribution is -0.118. The molecule has 0 spiro atoms. The summed E-state index contributed by atoms with van der Waals surface area (Å²) >= 11 is 0. The van der Waals surface area contributed by atoms with E-state index in [9.17, 15) is 9.90 Å². The summed E-state index contributed by atoms with van der Waals surface area (Å²) < 4.78 is 16.9. The van der Waals surface area contributed by atoms with Crippen LogP contribution in [0.25, 0.3) is 0 Å². The van der Waals surface area contributed by atoms with Crippen molar-refractivity contribution >= 4 is 11.6 Å². The first-order chi connectivity index (χ1) is 16.4. The second-order valence-electron chi connectivity index (χ2n) is 8.75. The molecule has 3 N–H and O–H groups in total. The SMILES string of the molecule is COc1ccc(C(C)(C)NC[C@H](O)c2cc(OCc3ccccc3)cc3c2OCC(=O)N3)cc1. The van der Waals surface area contributed by atoms with Crippen molar-refractivity contribution < 1.29 is 24.1 Å². The highest BCUT2D eigenvalue weighted by Crippen LogP contribution is 2.39. The molecule has 4 rings (SSSR count). The van der Waals surface area contributed by atoms with Gasteiger partial charge in [0.25, 0.3) is 5.91 Å². The summed E-state index contributed by atoms with van der Waals surface area (Å²) in [6.45, 7) is 4.64. The minimum Gasteiger partial charge on any atom is -0.497 e. The molecule has 178 valence electrons. The number of carbonyl (C=O) groups is 1. The molecule has 0 unspecified atom stereocenters. The minimum atomic E-state index is -0.887. The van der Waals surface area contributed by atoms with Gasteiger partial charge >= 0.3 is 0 Å². The van der Waals surface area contributed by atoms with Gasteiger partial charge in [0.15, 0.2) is 6.61 Å². The topological polar surface area (TPSA) is 89.1 Å². The van der Waals surface area contributed by atoms with Crippen molar-refractivity contribution in [1.29, 1.82) is 0 Å². The maximum atomic E-state index is 11.9. The Labute approximate surface area is 199 Å². The Morgan fingerprint density at radius 2 is 1.82 bits per heavy atom. The second-order valence-corrected chi connectivity index (χ2v) is 8.75. The average Bonchev–Trinajstić information content (AvgIpc) is 2.86. The molecule has 0 aliphatic carbocycles. The minimum absolute atomic E-state index is 0.0955. The van der Waals surface area contributed by atoms with E-state index in [-0.39, 0.29) is 19.1 Å². The molecule has 0 saturated heterocycles. The number of aliphatic hydroxyl groups is 1. The molecule has 1 amide bonds. The molecule has 3 aromatic rings. The van der Waals surface area contributed by atoms with Gasteiger partial charge in [-0.3, -0.25) is 4.79 Å². The number of nitrogens with one attached hydrogen (secondary N) is 2. The van der Waals surface area contributed by atoms with E-state index in [1.165, 1.54) is 0 Å². The van der Waals surface area contributed by atoms with Gasteiger partial charge in [-0.05, 0) is 43.2 Å². The van der Waals surface area contributed by atoms with Gasteiger partial charge in [-0.1, -0.05) is 42.5 Å². The third kappa shape index (κ3) is 5.50. The van der Waals surface area contributed by atoms with Crippen LogP contribution in [0.3, 0.4) is 0 Å². The quantitative estimate of drug-likeness (QED) is 0.443. The Kier molecular flexibility index (Phi) is 7.05. The molecule has 0 radical (unpaired) electrons. The third-order valence-electron chi connectivity index (χ3n) is 5.87. The highest BCUT2D eigenvalue weighted by atomic mass is 16.5. The first kappa shape index (κ1) is 23.6. The molecule has 0 fully saturated rings. The Hall–Kier alpha value is -3.55. The summed E-state index contributed by atoms with van der Waals surface area (Å²) in [5.41, 5.74) is 2.73. The normalized spacial score (nSPS) is 13.9. The van der Waals surface area contributed by atoms with Crippen molar-refractivity contribution in [2.75, 3.05) is 25.6 Å². The summed E-state index contributed by atoms with van der Waals surface area (Å²) in [6.07, 6.45) is -0.887. The highest BCUT2D eigenvalue weighted by molar-refractivity contribution is 5.96. The smallest absolute Gasteiger partial charge is 0.262 e. The number of rotatable bonds is 9. The van der Waals surface area contributed by atoms with E-state index >= 15 is 0 Å². The van der Waals surface area contributed by atoms with Crippen LogP contribution in [0.15, 0.2) is 66.7 Å². The van der Waals surface area contributed by atoms with Crippen LogP contribution in [0.5, 0.6) is 17.2 Å². The van der Waals surface area contributed by atoms with E-state index in [2.05, 4.69) is 10.6 Å². The molecular weight excluding hydrogens is 432 g/mol. The number of aliphatic hydroxyl groups excluding tert-OH is 1. The zero-order chi connectivity index (χ0) is 24.1. The number of hydrogen-bond donors (Lipinski definition) is 3. The molecule has 3 aromatic carbocycles. The number of ether oxygens (including phenoxy) is 3. The Morgan fingerprint density at radius 1 is 1.09 bits per heavy atom. The van der Waals surface area contributed by atoms with Crippen molar-refractivity contribution in [3.05, 3.63) is 83.4 Å². The monoisotopic (exact) mass is 462 g/mol. The fraction of sp³-hybridized carbons (Fsp3) is 0.296. The van der Waals surface area contributed by atoms with Crippen LogP contribution in [0.1, 0.15) is 36.6 Å². The predicted molar refractivity (Wildman–Crippen MR) is 130 cm³/mol. The van der Waals surface area contributed by atoms with Crippen LogP contribution < -0.4 is 24.8 Å². The number of anilines is 1. The van der Waals surface area contributed by atoms with Crippen molar-refractivity contribution in [1.82, 2.24) is 5.32 Å². The Morgan fingerprint density at radius 3 is 2.53 bits per heavy atom. The Bertz CT molecular complexity index is 1130. The molecule has 1 heterocycles. The third-order valence-corrected chi connectivity index (χ3v) is 5.87. The van der Waals surface area contributed by atoms with Gasteiger partial charge in [0, 0.05) is 23.7 Å². The average molecular weight is 463 g/mol. The van der Waals surface area contributed by atoms with Crippen LogP contribution in [0, 0.1) is 0 Å². The molecule has 1 aliphatic heterocycles. The van der Waals surface area contributed by atoms with Crippen LogP contribution >= 0.6 is 0 Å². The van der Waals surface area contributed by atoms with Crippen molar-refractivity contribution in [2.24, 2.45) is 0 Å². The van der Waals surface area contributed by atoms with Crippen LogP contribution in [0.2, 0.25) is 0 Å². The highest BCUT2D eigenvalue weighted by Gasteiger charge is 2.27. The largest absolute Gasteiger partial charge is 0.497 e. The number of carbonyl (C=O) groups excluding carboxylic acids is 1. The van der Waals surface area contributed by atoms with Crippen LogP contribution in [-0.4, -0.2) is 31.3 Å². The van der Waals surface area contributed by atoms with E-state index in [0.29, 0.717) is 29.4 Å². The van der Waals surface area contributed by atoms with Crippen LogP contribution in [-0.2, 0) is 16.9 Å². The van der Waals surface area contributed by atoms with Crippen LogP contribution in [0.4, 0.5) is 5.69 Å². The summed E-state index contributed by atoms with van der Waals surface area (Å²) in [5.74, 6) is 1.55. The first-order valence-electron chi connectivity index (χ1n) is 11.2. The zero-order valence-corrected chi connectivity index (χ0v) is 19.6. The molecular formula is C27H30N2O5. The van der Waals surface area contributed by atoms with E-state index in [4.69, 9.17) is 14.2 Å². The Balaban J connectivity index is 1.52. The lowest BCUT2D eigenvalue weighted by Gasteiger charge is -2.30. The number of methoxy groups -OCH3 is 1. The van der Waals surface area contributed by atoms with Gasteiger partial charge in [-0.2, -0.15) is 0 Å². The molecule has 7 nitrogen and oxygen atoms in total. The molecule has 1 atom stereocenters. The zero-order valence-electron chi connectivity index (χ0n) is 19.6. The van der Waals surface area contributed by atoms with Crippen molar-refractivity contribution in [2.45, 2.75) is 32.1 Å². The van der Waals surface area contributed by atoms with Crippen molar-refractivity contribution in [3.8, 4) is 17.2 Å². The fourth-order valence-electron chi connectivity index (χ4n) is 3.85. The predicted octanol–water partition coefficient (Wildman–Crippen LogP) is 4.16. The molecule has 7 heteroatoms.